The van der Waals surface area contributed by atoms with Gasteiger partial charge in [-0.15, -0.1) is 11.3 Å². The van der Waals surface area contributed by atoms with Crippen LogP contribution in [-0.4, -0.2) is 43.1 Å². The van der Waals surface area contributed by atoms with E-state index in [4.69, 9.17) is 9.84 Å². The summed E-state index contributed by atoms with van der Waals surface area (Å²) in [5, 5.41) is 9.12. The Morgan fingerprint density at radius 3 is 2.47 bits per heavy atom. The maximum absolute atomic E-state index is 12.6. The molecule has 0 amide bonds. The van der Waals surface area contributed by atoms with Crippen molar-refractivity contribution in [2.45, 2.75) is 44.5 Å². The van der Waals surface area contributed by atoms with E-state index in [0.29, 0.717) is 22.9 Å². The Bertz CT molecular complexity index is 542. The number of rotatable bonds is 3. The zero-order valence-corrected chi connectivity index (χ0v) is 12.9. The van der Waals surface area contributed by atoms with Gasteiger partial charge in [0.2, 0.25) is 10.0 Å². The smallest absolute Gasteiger partial charge is 0.244 e. The van der Waals surface area contributed by atoms with Gasteiger partial charge in [0.25, 0.3) is 0 Å². The molecule has 1 fully saturated rings. The van der Waals surface area contributed by atoms with Crippen molar-refractivity contribution in [2.24, 2.45) is 0 Å². The molecule has 1 saturated heterocycles. The van der Waals surface area contributed by atoms with Crippen LogP contribution >= 0.6 is 11.3 Å². The zero-order chi connectivity index (χ0) is 14.2. The number of hydrogen-bond acceptors (Lipinski definition) is 5. The zero-order valence-electron chi connectivity index (χ0n) is 11.3. The molecule has 0 spiro atoms. The highest BCUT2D eigenvalue weighted by molar-refractivity contribution is 7.89. The SMILES string of the molecule is Cc1sc(CO)cc1S(=O)(=O)N1CC(C)OC(C)C1. The molecule has 0 aliphatic carbocycles. The van der Waals surface area contributed by atoms with Crippen molar-refractivity contribution in [3.05, 3.63) is 15.8 Å². The molecular weight excluding hydrogens is 286 g/mol. The summed E-state index contributed by atoms with van der Waals surface area (Å²) in [4.78, 5) is 1.70. The van der Waals surface area contributed by atoms with Crippen molar-refractivity contribution < 1.29 is 18.3 Å². The molecular formula is C12H19NO4S2. The summed E-state index contributed by atoms with van der Waals surface area (Å²) in [5.74, 6) is 0. The van der Waals surface area contributed by atoms with E-state index in [1.54, 1.807) is 13.0 Å². The second-order valence-electron chi connectivity index (χ2n) is 4.87. The van der Waals surface area contributed by atoms with Gasteiger partial charge < -0.3 is 9.84 Å². The standard InChI is InChI=1S/C12H19NO4S2/c1-8-5-13(6-9(2)17-8)19(15,16)12-4-11(7-14)18-10(12)3/h4,8-9,14H,5-7H2,1-3H3. The number of ether oxygens (including phenoxy) is 1. The molecule has 0 saturated carbocycles. The summed E-state index contributed by atoms with van der Waals surface area (Å²) in [6.45, 7) is 6.13. The van der Waals surface area contributed by atoms with Crippen molar-refractivity contribution in [1.29, 1.82) is 0 Å². The van der Waals surface area contributed by atoms with Gasteiger partial charge in [-0.3, -0.25) is 0 Å². The first-order valence-electron chi connectivity index (χ1n) is 6.20. The Balaban J connectivity index is 2.33. The minimum absolute atomic E-state index is 0.102. The Morgan fingerprint density at radius 1 is 1.42 bits per heavy atom. The largest absolute Gasteiger partial charge is 0.391 e. The number of aliphatic hydroxyl groups excluding tert-OH is 1. The fourth-order valence-corrected chi connectivity index (χ4v) is 5.38. The fraction of sp³-hybridized carbons (Fsp3) is 0.667. The van der Waals surface area contributed by atoms with E-state index < -0.39 is 10.0 Å². The molecule has 1 aliphatic rings. The molecule has 1 aliphatic heterocycles. The molecule has 2 unspecified atom stereocenters. The monoisotopic (exact) mass is 305 g/mol. The average Bonchev–Trinajstić information content (AvgIpc) is 2.70. The normalized spacial score (nSPS) is 25.7. The molecule has 2 atom stereocenters. The van der Waals surface area contributed by atoms with Gasteiger partial charge in [-0.05, 0) is 26.8 Å². The summed E-state index contributed by atoms with van der Waals surface area (Å²) in [6, 6.07) is 1.57. The first kappa shape index (κ1) is 14.9. The van der Waals surface area contributed by atoms with Crippen LogP contribution in [0.2, 0.25) is 0 Å². The second-order valence-corrected chi connectivity index (χ2v) is 8.12. The first-order chi connectivity index (χ1) is 8.84. The number of thiophene rings is 1. The van der Waals surface area contributed by atoms with Crippen LogP contribution in [0.25, 0.3) is 0 Å². The van der Waals surface area contributed by atoms with Crippen LogP contribution in [0.15, 0.2) is 11.0 Å². The van der Waals surface area contributed by atoms with Crippen LogP contribution in [0.5, 0.6) is 0 Å². The maximum Gasteiger partial charge on any atom is 0.244 e. The van der Waals surface area contributed by atoms with E-state index >= 15 is 0 Å². The molecule has 1 aromatic heterocycles. The lowest BCUT2D eigenvalue weighted by molar-refractivity contribution is -0.0440. The van der Waals surface area contributed by atoms with Gasteiger partial charge in [0, 0.05) is 22.8 Å². The molecule has 7 heteroatoms. The lowest BCUT2D eigenvalue weighted by Crippen LogP contribution is -2.48. The molecule has 19 heavy (non-hydrogen) atoms. The highest BCUT2D eigenvalue weighted by atomic mass is 32.2. The van der Waals surface area contributed by atoms with E-state index in [1.807, 2.05) is 13.8 Å². The van der Waals surface area contributed by atoms with Gasteiger partial charge in [0.1, 0.15) is 0 Å². The van der Waals surface area contributed by atoms with Crippen molar-refractivity contribution >= 4 is 21.4 Å². The van der Waals surface area contributed by atoms with Crippen molar-refractivity contribution in [3.63, 3.8) is 0 Å². The molecule has 1 N–H and O–H groups in total. The molecule has 5 nitrogen and oxygen atoms in total. The Kier molecular flexibility index (Phi) is 4.32. The molecule has 108 valence electrons. The molecule has 0 bridgehead atoms. The third-order valence-corrected chi connectivity index (χ3v) is 6.21. The Labute approximate surface area is 117 Å². The third kappa shape index (κ3) is 3.00. The van der Waals surface area contributed by atoms with E-state index in [1.165, 1.54) is 15.6 Å². The van der Waals surface area contributed by atoms with Gasteiger partial charge in [-0.2, -0.15) is 4.31 Å². The topological polar surface area (TPSA) is 66.8 Å². The quantitative estimate of drug-likeness (QED) is 0.915. The Morgan fingerprint density at radius 2 is 2.00 bits per heavy atom. The predicted molar refractivity (Wildman–Crippen MR) is 73.7 cm³/mol. The van der Waals surface area contributed by atoms with Crippen LogP contribution in [0.1, 0.15) is 23.6 Å². The number of aryl methyl sites for hydroxylation is 1. The number of hydrogen-bond donors (Lipinski definition) is 1. The van der Waals surface area contributed by atoms with Crippen LogP contribution in [0.3, 0.4) is 0 Å². The number of aliphatic hydroxyl groups is 1. The summed E-state index contributed by atoms with van der Waals surface area (Å²) in [5.41, 5.74) is 0. The predicted octanol–water partition coefficient (Wildman–Crippen LogP) is 1.35. The number of morpholine rings is 1. The average molecular weight is 305 g/mol. The highest BCUT2D eigenvalue weighted by Crippen LogP contribution is 2.29. The van der Waals surface area contributed by atoms with Crippen molar-refractivity contribution in [3.8, 4) is 0 Å². The van der Waals surface area contributed by atoms with Gasteiger partial charge in [-0.25, -0.2) is 8.42 Å². The van der Waals surface area contributed by atoms with Gasteiger partial charge in [-0.1, -0.05) is 0 Å². The first-order valence-corrected chi connectivity index (χ1v) is 8.46. The lowest BCUT2D eigenvalue weighted by atomic mass is 10.3. The molecule has 0 aromatic carbocycles. The van der Waals surface area contributed by atoms with Crippen LogP contribution in [-0.2, 0) is 21.4 Å². The van der Waals surface area contributed by atoms with Crippen LogP contribution in [0.4, 0.5) is 0 Å². The van der Waals surface area contributed by atoms with E-state index in [-0.39, 0.29) is 18.8 Å². The van der Waals surface area contributed by atoms with Crippen molar-refractivity contribution in [1.82, 2.24) is 4.31 Å². The van der Waals surface area contributed by atoms with Gasteiger partial charge in [0.15, 0.2) is 0 Å². The summed E-state index contributed by atoms with van der Waals surface area (Å²) in [7, 11) is -3.50. The van der Waals surface area contributed by atoms with Crippen LogP contribution in [0, 0.1) is 6.92 Å². The maximum atomic E-state index is 12.6. The van der Waals surface area contributed by atoms with E-state index in [0.717, 1.165) is 4.88 Å². The number of sulfonamides is 1. The van der Waals surface area contributed by atoms with E-state index in [9.17, 15) is 8.42 Å². The minimum Gasteiger partial charge on any atom is -0.391 e. The fourth-order valence-electron chi connectivity index (χ4n) is 2.32. The second kappa shape index (κ2) is 5.49. The van der Waals surface area contributed by atoms with Gasteiger partial charge >= 0.3 is 0 Å². The van der Waals surface area contributed by atoms with Crippen molar-refractivity contribution in [2.75, 3.05) is 13.1 Å². The summed E-state index contributed by atoms with van der Waals surface area (Å²) < 4.78 is 32.3. The summed E-state index contributed by atoms with van der Waals surface area (Å²) in [6.07, 6.45) is -0.204. The molecule has 2 heterocycles. The number of nitrogens with zero attached hydrogens (tertiary/aromatic N) is 1. The Hall–Kier alpha value is -0.470. The molecule has 2 rings (SSSR count). The van der Waals surface area contributed by atoms with Gasteiger partial charge in [0.05, 0.1) is 23.7 Å². The highest BCUT2D eigenvalue weighted by Gasteiger charge is 2.33. The lowest BCUT2D eigenvalue weighted by Gasteiger charge is -2.34. The molecule has 1 aromatic rings. The minimum atomic E-state index is -3.50. The third-order valence-electron chi connectivity index (χ3n) is 3.08. The summed E-state index contributed by atoms with van der Waals surface area (Å²) >= 11 is 1.32. The van der Waals surface area contributed by atoms with Crippen LogP contribution < -0.4 is 0 Å². The van der Waals surface area contributed by atoms with E-state index in [2.05, 4.69) is 0 Å². The molecule has 0 radical (unpaired) electrons.